The van der Waals surface area contributed by atoms with Gasteiger partial charge in [-0.3, -0.25) is 4.79 Å². The second kappa shape index (κ2) is 53.0. The summed E-state index contributed by atoms with van der Waals surface area (Å²) in [6.07, 6.45) is 12.5. The number of unbranched alkanes of at least 4 members (excludes halogenated alkanes) is 6. The van der Waals surface area contributed by atoms with Crippen molar-refractivity contribution in [3.63, 3.8) is 0 Å². The highest BCUT2D eigenvalue weighted by Crippen LogP contribution is 2.19. The van der Waals surface area contributed by atoms with Gasteiger partial charge < -0.3 is 33.6 Å². The topological polar surface area (TPSA) is 137 Å². The van der Waals surface area contributed by atoms with Crippen molar-refractivity contribution in [2.24, 2.45) is 5.92 Å². The first-order valence-corrected chi connectivity index (χ1v) is 15.7. The van der Waals surface area contributed by atoms with Crippen LogP contribution in [-0.4, -0.2) is 46.3 Å². The van der Waals surface area contributed by atoms with Crippen LogP contribution in [0.25, 0.3) is 0 Å². The molecule has 44 heavy (non-hydrogen) atoms. The summed E-state index contributed by atoms with van der Waals surface area (Å²) in [5.41, 5.74) is 0. The molecular formula is C36H72O8. The molecule has 8 nitrogen and oxygen atoms in total. The molecule has 0 aliphatic carbocycles. The van der Waals surface area contributed by atoms with E-state index in [0.29, 0.717) is 11.7 Å². The maximum absolute atomic E-state index is 11.5. The fraction of sp³-hybridized carbons (Fsp3) is 0.778. The van der Waals surface area contributed by atoms with E-state index in [1.807, 2.05) is 0 Å². The lowest BCUT2D eigenvalue weighted by Gasteiger charge is -2.13. The Bertz CT molecular complexity index is 564. The van der Waals surface area contributed by atoms with Crippen molar-refractivity contribution in [2.75, 3.05) is 0 Å². The molecule has 0 aromatic carbocycles. The van der Waals surface area contributed by atoms with Crippen LogP contribution in [0.3, 0.4) is 0 Å². The molecule has 0 rings (SSSR count). The number of carbonyl (C=O) groups is 8. The largest absolute Gasteiger partial charge is 0.300 e. The summed E-state index contributed by atoms with van der Waals surface area (Å²) in [5.74, 6) is 1.93. The molecule has 0 bridgehead atoms. The zero-order valence-electron chi connectivity index (χ0n) is 31.9. The molecular weight excluding hydrogens is 560 g/mol. The minimum Gasteiger partial charge on any atom is -0.300 e. The van der Waals surface area contributed by atoms with E-state index in [2.05, 4.69) is 13.8 Å². The van der Waals surface area contributed by atoms with Crippen molar-refractivity contribution < 1.29 is 38.4 Å². The number of Topliss-reactive ketones (excluding diaryl/α,β-unsaturated/α-hetero) is 8. The molecule has 8 heteroatoms. The Morgan fingerprint density at radius 1 is 0.318 bits per heavy atom. The molecule has 0 aliphatic rings. The summed E-state index contributed by atoms with van der Waals surface area (Å²) in [6.45, 7) is 27.6. The van der Waals surface area contributed by atoms with Gasteiger partial charge in [0.05, 0.1) is 0 Å². The second-order valence-corrected chi connectivity index (χ2v) is 11.4. The molecule has 264 valence electrons. The molecule has 0 saturated carbocycles. The predicted octanol–water partition coefficient (Wildman–Crippen LogP) is 9.30. The SMILES string of the molecule is CC(C)=O.CC(C)=O.CC(C)=O.CC(C)=O.CC(C)=O.CC(C)=O.CC(C)=O.CCCCCCC(CCCCCC)C(C)=O. The van der Waals surface area contributed by atoms with Crippen LogP contribution in [0.15, 0.2) is 0 Å². The van der Waals surface area contributed by atoms with Crippen LogP contribution in [-0.2, 0) is 38.4 Å². The molecule has 0 N–H and O–H groups in total. The molecule has 0 fully saturated rings. The molecule has 0 spiro atoms. The third-order valence-electron chi connectivity index (χ3n) is 3.39. The third kappa shape index (κ3) is 324. The Balaban J connectivity index is -0.0000000636. The van der Waals surface area contributed by atoms with E-state index in [-0.39, 0.29) is 40.5 Å². The van der Waals surface area contributed by atoms with E-state index < -0.39 is 0 Å². The smallest absolute Gasteiger partial charge is 0.132 e. The van der Waals surface area contributed by atoms with Crippen molar-refractivity contribution in [1.29, 1.82) is 0 Å². The van der Waals surface area contributed by atoms with E-state index in [0.717, 1.165) is 12.8 Å². The van der Waals surface area contributed by atoms with Crippen LogP contribution >= 0.6 is 0 Å². The average Bonchev–Trinajstić information content (AvgIpc) is 2.75. The molecule has 0 unspecified atom stereocenters. The van der Waals surface area contributed by atoms with Crippen molar-refractivity contribution in [2.45, 2.75) is 182 Å². The van der Waals surface area contributed by atoms with Crippen LogP contribution in [0.5, 0.6) is 0 Å². The van der Waals surface area contributed by atoms with Crippen molar-refractivity contribution in [3.05, 3.63) is 0 Å². The third-order valence-corrected chi connectivity index (χ3v) is 3.39. The van der Waals surface area contributed by atoms with Crippen molar-refractivity contribution >= 4 is 46.3 Å². The summed E-state index contributed by atoms with van der Waals surface area (Å²) < 4.78 is 0. The van der Waals surface area contributed by atoms with Crippen LogP contribution in [0.2, 0.25) is 0 Å². The first kappa shape index (κ1) is 60.5. The van der Waals surface area contributed by atoms with E-state index in [9.17, 15) is 38.4 Å². The summed E-state index contributed by atoms with van der Waals surface area (Å²) in [5, 5.41) is 0. The summed E-state index contributed by atoms with van der Waals surface area (Å²) >= 11 is 0. The highest BCUT2D eigenvalue weighted by molar-refractivity contribution is 5.78. The van der Waals surface area contributed by atoms with Gasteiger partial charge in [0.2, 0.25) is 0 Å². The van der Waals surface area contributed by atoms with E-state index >= 15 is 0 Å². The van der Waals surface area contributed by atoms with Gasteiger partial charge in [-0.15, -0.1) is 0 Å². The summed E-state index contributed by atoms with van der Waals surface area (Å²) in [7, 11) is 0. The number of rotatable bonds is 11. The zero-order valence-corrected chi connectivity index (χ0v) is 31.9. The van der Waals surface area contributed by atoms with Gasteiger partial charge in [0.25, 0.3) is 0 Å². The number of carbonyl (C=O) groups excluding carboxylic acids is 8. The molecule has 0 heterocycles. The minimum absolute atomic E-state index is 0.167. The Hall–Kier alpha value is -2.64. The lowest BCUT2D eigenvalue weighted by Crippen LogP contribution is -2.10. The molecule has 0 atom stereocenters. The normalized spacial score (nSPS) is 8.14. The van der Waals surface area contributed by atoms with Gasteiger partial charge in [-0.25, -0.2) is 0 Å². The van der Waals surface area contributed by atoms with Crippen LogP contribution in [0, 0.1) is 5.92 Å². The number of ketones is 8. The second-order valence-electron chi connectivity index (χ2n) is 11.4. The maximum atomic E-state index is 11.5. The lowest BCUT2D eigenvalue weighted by atomic mass is 9.91. The van der Waals surface area contributed by atoms with Gasteiger partial charge in [-0.2, -0.15) is 0 Å². The predicted molar refractivity (Wildman–Crippen MR) is 186 cm³/mol. The van der Waals surface area contributed by atoms with E-state index in [4.69, 9.17) is 0 Å². The van der Waals surface area contributed by atoms with E-state index in [1.165, 1.54) is 148 Å². The zero-order chi connectivity index (χ0) is 37.3. The molecule has 0 aliphatic heterocycles. The fourth-order valence-corrected chi connectivity index (χ4v) is 2.19. The van der Waals surface area contributed by atoms with Gasteiger partial charge >= 0.3 is 0 Å². The summed E-state index contributed by atoms with van der Waals surface area (Å²) in [6, 6.07) is 0. The number of hydrogen-bond donors (Lipinski definition) is 0. The monoisotopic (exact) mass is 633 g/mol. The molecule has 0 amide bonds. The van der Waals surface area contributed by atoms with Gasteiger partial charge in [-0.05, 0) is 117 Å². The number of hydrogen-bond acceptors (Lipinski definition) is 8. The van der Waals surface area contributed by atoms with Gasteiger partial charge in [0.15, 0.2) is 0 Å². The summed E-state index contributed by atoms with van der Waals surface area (Å²) in [4.78, 5) is 77.6. The highest BCUT2D eigenvalue weighted by atomic mass is 16.1. The molecule has 0 aromatic rings. The van der Waals surface area contributed by atoms with Crippen LogP contribution in [0.4, 0.5) is 0 Å². The highest BCUT2D eigenvalue weighted by Gasteiger charge is 2.12. The Morgan fingerprint density at radius 3 is 0.591 bits per heavy atom. The average molecular weight is 633 g/mol. The fourth-order valence-electron chi connectivity index (χ4n) is 2.19. The van der Waals surface area contributed by atoms with Crippen molar-refractivity contribution in [3.8, 4) is 0 Å². The van der Waals surface area contributed by atoms with E-state index in [1.54, 1.807) is 6.92 Å². The Labute approximate surface area is 272 Å². The van der Waals surface area contributed by atoms with Crippen LogP contribution in [0.1, 0.15) is 182 Å². The van der Waals surface area contributed by atoms with Crippen molar-refractivity contribution in [1.82, 2.24) is 0 Å². The van der Waals surface area contributed by atoms with Gasteiger partial charge in [0.1, 0.15) is 46.3 Å². The van der Waals surface area contributed by atoms with Gasteiger partial charge in [0, 0.05) is 5.92 Å². The quantitative estimate of drug-likeness (QED) is 0.205. The molecule has 0 aromatic heterocycles. The maximum Gasteiger partial charge on any atom is 0.132 e. The Kier molecular flexibility index (Phi) is 72.9. The Morgan fingerprint density at radius 2 is 0.477 bits per heavy atom. The molecule has 0 saturated heterocycles. The van der Waals surface area contributed by atoms with Gasteiger partial charge in [-0.1, -0.05) is 65.2 Å². The lowest BCUT2D eigenvalue weighted by molar-refractivity contribution is -0.121. The molecule has 0 radical (unpaired) electrons. The van der Waals surface area contributed by atoms with Crippen LogP contribution < -0.4 is 0 Å². The first-order chi connectivity index (χ1) is 19.8. The first-order valence-electron chi connectivity index (χ1n) is 15.7. The minimum atomic E-state index is 0.167. The standard InChI is InChI=1S/C15H30O.7C3H6O/c1-4-6-8-10-12-15(14(3)16)13-11-9-7-5-2;7*1-3(2)4/h15H,4-13H2,1-3H3;7*1-2H3.